The summed E-state index contributed by atoms with van der Waals surface area (Å²) >= 11 is 0. The van der Waals surface area contributed by atoms with Gasteiger partial charge in [0.1, 0.15) is 0 Å². The van der Waals surface area contributed by atoms with E-state index in [-0.39, 0.29) is 5.95 Å². The standard InChI is InChI=1S/C11H14N4/c1-9-8-13-11(12-2)14-10(9)15-6-4-3-5-7-15/h8H,3-7H2,1H3. The summed E-state index contributed by atoms with van der Waals surface area (Å²) in [5, 5.41) is 0. The number of nitrogens with zero attached hydrogens (tertiary/aromatic N) is 4. The van der Waals surface area contributed by atoms with Crippen molar-refractivity contribution in [2.75, 3.05) is 18.0 Å². The van der Waals surface area contributed by atoms with E-state index in [0.717, 1.165) is 24.5 Å². The Morgan fingerprint density at radius 2 is 2.07 bits per heavy atom. The zero-order valence-corrected chi connectivity index (χ0v) is 8.90. The summed E-state index contributed by atoms with van der Waals surface area (Å²) in [5.74, 6) is 1.19. The fourth-order valence-corrected chi connectivity index (χ4v) is 1.90. The second-order valence-electron chi connectivity index (χ2n) is 3.84. The van der Waals surface area contributed by atoms with Crippen LogP contribution in [-0.2, 0) is 0 Å². The number of aromatic nitrogens is 2. The van der Waals surface area contributed by atoms with Crippen LogP contribution in [0.4, 0.5) is 11.8 Å². The van der Waals surface area contributed by atoms with Gasteiger partial charge in [-0.25, -0.2) is 0 Å². The maximum Gasteiger partial charge on any atom is 0.373 e. The van der Waals surface area contributed by atoms with Gasteiger partial charge in [-0.05, 0) is 26.2 Å². The second kappa shape index (κ2) is 4.26. The highest BCUT2D eigenvalue weighted by atomic mass is 15.2. The Morgan fingerprint density at radius 1 is 1.33 bits per heavy atom. The minimum absolute atomic E-state index is 0.251. The molecule has 78 valence electrons. The fourth-order valence-electron chi connectivity index (χ4n) is 1.90. The van der Waals surface area contributed by atoms with E-state index < -0.39 is 0 Å². The van der Waals surface area contributed by atoms with Gasteiger partial charge < -0.3 is 9.74 Å². The summed E-state index contributed by atoms with van der Waals surface area (Å²) in [6.07, 6.45) is 5.48. The molecule has 0 N–H and O–H groups in total. The van der Waals surface area contributed by atoms with Gasteiger partial charge in [0.2, 0.25) is 0 Å². The highest BCUT2D eigenvalue weighted by Crippen LogP contribution is 2.22. The van der Waals surface area contributed by atoms with Crippen molar-refractivity contribution >= 4 is 11.8 Å². The lowest BCUT2D eigenvalue weighted by Gasteiger charge is -2.27. The van der Waals surface area contributed by atoms with Gasteiger partial charge in [0, 0.05) is 18.7 Å². The molecule has 1 aliphatic heterocycles. The molecule has 1 aromatic rings. The quantitative estimate of drug-likeness (QED) is 0.655. The van der Waals surface area contributed by atoms with Crippen LogP contribution in [0, 0.1) is 13.5 Å². The number of piperidine rings is 1. The van der Waals surface area contributed by atoms with E-state index in [1.165, 1.54) is 19.3 Å². The largest absolute Gasteiger partial charge is 0.394 e. The van der Waals surface area contributed by atoms with Crippen molar-refractivity contribution in [2.45, 2.75) is 26.2 Å². The molecule has 0 aromatic carbocycles. The Bertz CT molecular complexity index is 388. The third-order valence-electron chi connectivity index (χ3n) is 2.69. The van der Waals surface area contributed by atoms with Gasteiger partial charge in [-0.2, -0.15) is 4.98 Å². The average Bonchev–Trinajstić information content (AvgIpc) is 2.31. The first kappa shape index (κ1) is 9.91. The van der Waals surface area contributed by atoms with Crippen molar-refractivity contribution in [3.05, 3.63) is 23.2 Å². The lowest BCUT2D eigenvalue weighted by Crippen LogP contribution is -2.30. The third kappa shape index (κ3) is 2.07. The Morgan fingerprint density at radius 3 is 2.73 bits per heavy atom. The Balaban J connectivity index is 2.29. The van der Waals surface area contributed by atoms with E-state index in [4.69, 9.17) is 6.57 Å². The smallest absolute Gasteiger partial charge is 0.373 e. The summed E-state index contributed by atoms with van der Waals surface area (Å²) in [5.41, 5.74) is 1.06. The zero-order chi connectivity index (χ0) is 10.7. The molecule has 1 saturated heterocycles. The Hall–Kier alpha value is -1.63. The van der Waals surface area contributed by atoms with E-state index in [0.29, 0.717) is 0 Å². The van der Waals surface area contributed by atoms with Crippen LogP contribution in [-0.4, -0.2) is 23.1 Å². The van der Waals surface area contributed by atoms with Crippen molar-refractivity contribution in [1.29, 1.82) is 0 Å². The maximum absolute atomic E-state index is 6.91. The topological polar surface area (TPSA) is 33.4 Å². The first-order valence-corrected chi connectivity index (χ1v) is 5.27. The molecule has 4 heteroatoms. The van der Waals surface area contributed by atoms with E-state index in [2.05, 4.69) is 19.7 Å². The minimum atomic E-state index is 0.251. The van der Waals surface area contributed by atoms with E-state index in [9.17, 15) is 0 Å². The molecule has 1 fully saturated rings. The normalized spacial score (nSPS) is 16.1. The van der Waals surface area contributed by atoms with Gasteiger partial charge in [-0.15, -0.1) is 11.6 Å². The van der Waals surface area contributed by atoms with Gasteiger partial charge in [0.25, 0.3) is 0 Å². The van der Waals surface area contributed by atoms with Crippen LogP contribution in [0.25, 0.3) is 4.85 Å². The van der Waals surface area contributed by atoms with Crippen LogP contribution < -0.4 is 4.90 Å². The highest BCUT2D eigenvalue weighted by Gasteiger charge is 2.17. The number of hydrogen-bond donors (Lipinski definition) is 0. The molecular weight excluding hydrogens is 188 g/mol. The molecule has 0 aliphatic carbocycles. The van der Waals surface area contributed by atoms with Crippen LogP contribution in [0.3, 0.4) is 0 Å². The van der Waals surface area contributed by atoms with E-state index in [1.54, 1.807) is 6.20 Å². The van der Waals surface area contributed by atoms with Gasteiger partial charge in [0.05, 0.1) is 6.20 Å². The molecule has 0 spiro atoms. The molecule has 0 saturated carbocycles. The average molecular weight is 202 g/mol. The monoisotopic (exact) mass is 202 g/mol. The van der Waals surface area contributed by atoms with Crippen LogP contribution in [0.15, 0.2) is 6.20 Å². The molecule has 0 bridgehead atoms. The van der Waals surface area contributed by atoms with Crippen molar-refractivity contribution < 1.29 is 0 Å². The second-order valence-corrected chi connectivity index (χ2v) is 3.84. The number of rotatable bonds is 1. The molecule has 1 aliphatic rings. The van der Waals surface area contributed by atoms with Crippen molar-refractivity contribution in [2.24, 2.45) is 0 Å². The molecule has 0 unspecified atom stereocenters. The molecule has 2 heterocycles. The zero-order valence-electron chi connectivity index (χ0n) is 8.90. The first-order chi connectivity index (χ1) is 7.31. The lowest BCUT2D eigenvalue weighted by molar-refractivity contribution is 0.572. The van der Waals surface area contributed by atoms with Gasteiger partial charge in [-0.1, -0.05) is 0 Å². The summed E-state index contributed by atoms with van der Waals surface area (Å²) in [6.45, 7) is 11.0. The van der Waals surface area contributed by atoms with Gasteiger partial charge >= 0.3 is 5.95 Å². The molecule has 0 radical (unpaired) electrons. The first-order valence-electron chi connectivity index (χ1n) is 5.27. The molecule has 15 heavy (non-hydrogen) atoms. The van der Waals surface area contributed by atoms with Crippen molar-refractivity contribution in [3.8, 4) is 0 Å². The summed E-state index contributed by atoms with van der Waals surface area (Å²) in [4.78, 5) is 13.8. The van der Waals surface area contributed by atoms with Crippen LogP contribution in [0.2, 0.25) is 0 Å². The van der Waals surface area contributed by atoms with Crippen LogP contribution in [0.5, 0.6) is 0 Å². The summed E-state index contributed by atoms with van der Waals surface area (Å²) < 4.78 is 0. The highest BCUT2D eigenvalue weighted by molar-refractivity contribution is 5.49. The molecule has 2 rings (SSSR count). The van der Waals surface area contributed by atoms with Gasteiger partial charge in [-0.3, -0.25) is 0 Å². The molecule has 4 nitrogen and oxygen atoms in total. The predicted octanol–water partition coefficient (Wildman–Crippen LogP) is 2.33. The number of hydrogen-bond acceptors (Lipinski definition) is 3. The SMILES string of the molecule is [C-]#[N+]c1ncc(C)c(N2CCCCC2)n1. The molecule has 1 aromatic heterocycles. The minimum Gasteiger partial charge on any atom is -0.394 e. The Labute approximate surface area is 89.8 Å². The van der Waals surface area contributed by atoms with Crippen molar-refractivity contribution in [3.63, 3.8) is 0 Å². The van der Waals surface area contributed by atoms with Crippen LogP contribution >= 0.6 is 0 Å². The molecule has 0 amide bonds. The summed E-state index contributed by atoms with van der Waals surface area (Å²) in [6, 6.07) is 0. The fraction of sp³-hybridized carbons (Fsp3) is 0.545. The Kier molecular flexibility index (Phi) is 2.82. The number of anilines is 1. The summed E-state index contributed by atoms with van der Waals surface area (Å²) in [7, 11) is 0. The lowest BCUT2D eigenvalue weighted by atomic mass is 10.1. The van der Waals surface area contributed by atoms with Crippen LogP contribution in [0.1, 0.15) is 24.8 Å². The predicted molar refractivity (Wildman–Crippen MR) is 59.1 cm³/mol. The third-order valence-corrected chi connectivity index (χ3v) is 2.69. The van der Waals surface area contributed by atoms with E-state index in [1.807, 2.05) is 6.92 Å². The maximum atomic E-state index is 6.91. The molecular formula is C11H14N4. The number of aryl methyl sites for hydroxylation is 1. The van der Waals surface area contributed by atoms with E-state index >= 15 is 0 Å². The molecule has 0 atom stereocenters. The van der Waals surface area contributed by atoms with Gasteiger partial charge in [0.15, 0.2) is 5.82 Å². The van der Waals surface area contributed by atoms with Crippen molar-refractivity contribution in [1.82, 2.24) is 9.97 Å².